The van der Waals surface area contributed by atoms with Gasteiger partial charge in [0, 0.05) is 23.8 Å². The summed E-state index contributed by atoms with van der Waals surface area (Å²) >= 11 is 0. The van der Waals surface area contributed by atoms with E-state index in [-0.39, 0.29) is 17.0 Å². The Hall–Kier alpha value is -0.640. The molecule has 1 fully saturated rings. The molecule has 0 saturated heterocycles. The first-order valence-corrected chi connectivity index (χ1v) is 3.59. The molecule has 0 aromatic heterocycles. The molecule has 10 heavy (non-hydrogen) atoms. The van der Waals surface area contributed by atoms with Gasteiger partial charge in [0.1, 0.15) is 0 Å². The highest BCUT2D eigenvalue weighted by Gasteiger charge is 2.26. The Morgan fingerprint density at radius 2 is 1.80 bits per heavy atom. The Kier molecular flexibility index (Phi) is 2.21. The predicted octanol–water partition coefficient (Wildman–Crippen LogP) is 0.533. The van der Waals surface area contributed by atoms with Crippen LogP contribution in [-0.2, 0) is 0 Å². The van der Waals surface area contributed by atoms with Gasteiger partial charge in [-0.3, -0.25) is 10.1 Å². The summed E-state index contributed by atoms with van der Waals surface area (Å²) in [6, 6.07) is -0.115. The first kappa shape index (κ1) is 7.47. The third kappa shape index (κ3) is 1.67. The molecular weight excluding hydrogens is 132 g/mol. The monoisotopic (exact) mass is 144 g/mol. The quantitative estimate of drug-likeness (QED) is 0.431. The average molecular weight is 144 g/mol. The minimum absolute atomic E-state index is 0.189. The molecule has 0 aromatic carbocycles. The van der Waals surface area contributed by atoms with E-state index in [2.05, 4.69) is 0 Å². The zero-order valence-electron chi connectivity index (χ0n) is 5.82. The van der Waals surface area contributed by atoms with Crippen molar-refractivity contribution in [3.8, 4) is 0 Å². The standard InChI is InChI=1S/C6H12N2O2/c7-5-1-3-6(4-2-5)8(9)10/h5-6H,1-4,7H2. The van der Waals surface area contributed by atoms with Crippen LogP contribution >= 0.6 is 0 Å². The second kappa shape index (κ2) is 2.96. The van der Waals surface area contributed by atoms with Crippen LogP contribution in [0, 0.1) is 10.1 Å². The lowest BCUT2D eigenvalue weighted by atomic mass is 9.92. The molecule has 0 atom stereocenters. The summed E-state index contributed by atoms with van der Waals surface area (Å²) in [7, 11) is 0. The molecule has 0 bridgehead atoms. The van der Waals surface area contributed by atoms with Crippen molar-refractivity contribution in [2.24, 2.45) is 5.73 Å². The Morgan fingerprint density at radius 3 is 2.20 bits per heavy atom. The van der Waals surface area contributed by atoms with Crippen LogP contribution in [0.15, 0.2) is 0 Å². The van der Waals surface area contributed by atoms with Gasteiger partial charge >= 0.3 is 0 Å². The fourth-order valence-corrected chi connectivity index (χ4v) is 1.31. The van der Waals surface area contributed by atoms with Gasteiger partial charge in [-0.25, -0.2) is 0 Å². The normalized spacial score (nSPS) is 33.7. The molecule has 58 valence electrons. The molecule has 0 spiro atoms. The zero-order valence-corrected chi connectivity index (χ0v) is 5.82. The maximum atomic E-state index is 10.2. The molecular formula is C6H12N2O2. The van der Waals surface area contributed by atoms with Crippen molar-refractivity contribution in [3.63, 3.8) is 0 Å². The molecule has 4 heteroatoms. The van der Waals surface area contributed by atoms with E-state index in [1.165, 1.54) is 0 Å². The van der Waals surface area contributed by atoms with Crippen LogP contribution in [0.2, 0.25) is 0 Å². The summed E-state index contributed by atoms with van der Waals surface area (Å²) in [5, 5.41) is 10.2. The molecule has 4 nitrogen and oxygen atoms in total. The number of nitrogens with two attached hydrogens (primary N) is 1. The van der Waals surface area contributed by atoms with E-state index in [0.29, 0.717) is 12.8 Å². The fourth-order valence-electron chi connectivity index (χ4n) is 1.31. The summed E-state index contributed by atoms with van der Waals surface area (Å²) < 4.78 is 0. The fraction of sp³-hybridized carbons (Fsp3) is 1.00. The summed E-state index contributed by atoms with van der Waals surface area (Å²) in [5.74, 6) is 0. The van der Waals surface area contributed by atoms with Crippen molar-refractivity contribution in [3.05, 3.63) is 10.1 Å². The summed E-state index contributed by atoms with van der Waals surface area (Å²) in [4.78, 5) is 10.0. The SMILES string of the molecule is NC1CCC([N+](=O)[O-])CC1. The van der Waals surface area contributed by atoms with Gasteiger partial charge in [0.15, 0.2) is 0 Å². The van der Waals surface area contributed by atoms with Gasteiger partial charge in [0.25, 0.3) is 0 Å². The summed E-state index contributed by atoms with van der Waals surface area (Å²) in [6.07, 6.45) is 2.94. The number of nitrogens with zero attached hydrogens (tertiary/aromatic N) is 1. The maximum absolute atomic E-state index is 10.2. The number of hydrogen-bond acceptors (Lipinski definition) is 3. The highest BCUT2D eigenvalue weighted by atomic mass is 16.6. The Morgan fingerprint density at radius 1 is 1.30 bits per heavy atom. The molecule has 0 heterocycles. The minimum Gasteiger partial charge on any atom is -0.328 e. The molecule has 1 saturated carbocycles. The first-order chi connectivity index (χ1) is 4.70. The van der Waals surface area contributed by atoms with Crippen molar-refractivity contribution in [2.45, 2.75) is 37.8 Å². The van der Waals surface area contributed by atoms with E-state index in [1.54, 1.807) is 0 Å². The van der Waals surface area contributed by atoms with Crippen LogP contribution in [0.3, 0.4) is 0 Å². The molecule has 0 aromatic rings. The molecule has 1 aliphatic rings. The highest BCUT2D eigenvalue weighted by Crippen LogP contribution is 2.18. The van der Waals surface area contributed by atoms with Crippen LogP contribution in [0.1, 0.15) is 25.7 Å². The maximum Gasteiger partial charge on any atom is 0.213 e. The van der Waals surface area contributed by atoms with Gasteiger partial charge in [0.2, 0.25) is 6.04 Å². The second-order valence-corrected chi connectivity index (χ2v) is 2.85. The Labute approximate surface area is 59.6 Å². The van der Waals surface area contributed by atoms with Gasteiger partial charge in [0.05, 0.1) is 0 Å². The van der Waals surface area contributed by atoms with E-state index >= 15 is 0 Å². The van der Waals surface area contributed by atoms with E-state index in [9.17, 15) is 10.1 Å². The van der Waals surface area contributed by atoms with E-state index < -0.39 is 0 Å². The lowest BCUT2D eigenvalue weighted by Gasteiger charge is -2.19. The van der Waals surface area contributed by atoms with Crippen molar-refractivity contribution >= 4 is 0 Å². The number of rotatable bonds is 1. The van der Waals surface area contributed by atoms with Gasteiger partial charge in [-0.05, 0) is 12.8 Å². The van der Waals surface area contributed by atoms with Gasteiger partial charge in [-0.1, -0.05) is 0 Å². The largest absolute Gasteiger partial charge is 0.328 e. The van der Waals surface area contributed by atoms with Crippen molar-refractivity contribution < 1.29 is 4.92 Å². The Balaban J connectivity index is 2.33. The smallest absolute Gasteiger partial charge is 0.213 e. The Bertz CT molecular complexity index is 130. The molecule has 0 aliphatic heterocycles. The predicted molar refractivity (Wildman–Crippen MR) is 37.2 cm³/mol. The number of hydrogen-bond donors (Lipinski definition) is 1. The topological polar surface area (TPSA) is 69.2 Å². The molecule has 0 radical (unpaired) electrons. The van der Waals surface area contributed by atoms with Crippen LogP contribution in [0.5, 0.6) is 0 Å². The van der Waals surface area contributed by atoms with E-state index in [1.807, 2.05) is 0 Å². The third-order valence-corrected chi connectivity index (χ3v) is 2.04. The molecule has 2 N–H and O–H groups in total. The van der Waals surface area contributed by atoms with Crippen molar-refractivity contribution in [2.75, 3.05) is 0 Å². The summed E-state index contributed by atoms with van der Waals surface area (Å²) in [5.41, 5.74) is 5.57. The van der Waals surface area contributed by atoms with Crippen LogP contribution in [-0.4, -0.2) is 17.0 Å². The zero-order chi connectivity index (χ0) is 7.56. The lowest BCUT2D eigenvalue weighted by molar-refractivity contribution is -0.526. The lowest BCUT2D eigenvalue weighted by Crippen LogP contribution is -2.32. The first-order valence-electron chi connectivity index (χ1n) is 3.59. The third-order valence-electron chi connectivity index (χ3n) is 2.04. The van der Waals surface area contributed by atoms with Gasteiger partial charge in [-0.2, -0.15) is 0 Å². The molecule has 1 rings (SSSR count). The number of nitro groups is 1. The van der Waals surface area contributed by atoms with E-state index in [0.717, 1.165) is 12.8 Å². The minimum atomic E-state index is -0.320. The molecule has 1 aliphatic carbocycles. The van der Waals surface area contributed by atoms with Crippen molar-refractivity contribution in [1.82, 2.24) is 0 Å². The summed E-state index contributed by atoms with van der Waals surface area (Å²) in [6.45, 7) is 0. The van der Waals surface area contributed by atoms with Gasteiger partial charge < -0.3 is 5.73 Å². The van der Waals surface area contributed by atoms with Crippen molar-refractivity contribution in [1.29, 1.82) is 0 Å². The van der Waals surface area contributed by atoms with E-state index in [4.69, 9.17) is 5.73 Å². The molecule has 0 unspecified atom stereocenters. The van der Waals surface area contributed by atoms with Crippen LogP contribution in [0.4, 0.5) is 0 Å². The van der Waals surface area contributed by atoms with Gasteiger partial charge in [-0.15, -0.1) is 0 Å². The second-order valence-electron chi connectivity index (χ2n) is 2.85. The van der Waals surface area contributed by atoms with Crippen LogP contribution < -0.4 is 5.73 Å². The average Bonchev–Trinajstić information content (AvgIpc) is 1.88. The highest BCUT2D eigenvalue weighted by molar-refractivity contribution is 4.73. The molecule has 0 amide bonds. The van der Waals surface area contributed by atoms with Crippen LogP contribution in [0.25, 0.3) is 0 Å².